The van der Waals surface area contributed by atoms with Gasteiger partial charge in [0, 0.05) is 6.42 Å². The maximum Gasteiger partial charge on any atom is 0.220 e. The van der Waals surface area contributed by atoms with Gasteiger partial charge >= 0.3 is 0 Å². The van der Waals surface area contributed by atoms with Gasteiger partial charge in [0.05, 0.1) is 25.4 Å². The van der Waals surface area contributed by atoms with E-state index in [-0.39, 0.29) is 12.5 Å². The summed E-state index contributed by atoms with van der Waals surface area (Å²) < 4.78 is 11.3. The predicted molar refractivity (Wildman–Crippen MR) is 290 cm³/mol. The van der Waals surface area contributed by atoms with Gasteiger partial charge in [-0.25, -0.2) is 0 Å². The molecule has 1 saturated heterocycles. The minimum absolute atomic E-state index is 0.188. The third-order valence-electron chi connectivity index (χ3n) is 13.9. The standard InChI is InChI=1S/C60H111NO8/c1-3-5-7-9-11-13-15-17-19-21-23-24-25-26-27-28-29-30-32-33-35-37-39-41-43-45-47-49-54(63)53(52-68-60-59(67)58(66)57(65)55(51-62)69-60)61-56(64)50-48-46-44-42-40-38-36-34-31-22-20-18-16-14-12-10-8-6-4-2/h12,14,18,20,31,34,47,49,53-55,57-60,62-63,65-67H,3-11,13,15-17,19,21-30,32-33,35-46,48,50-52H2,1-2H3,(H,61,64)/b14-12-,20-18-,34-31-,49-47+. The third-order valence-corrected chi connectivity index (χ3v) is 13.9. The van der Waals surface area contributed by atoms with E-state index in [1.807, 2.05) is 6.08 Å². The number of carbonyl (C=O) groups is 1. The zero-order valence-electron chi connectivity index (χ0n) is 44.8. The highest BCUT2D eigenvalue weighted by Crippen LogP contribution is 2.23. The lowest BCUT2D eigenvalue weighted by Gasteiger charge is -2.40. The second kappa shape index (κ2) is 49.7. The first kappa shape index (κ1) is 65.2. The summed E-state index contributed by atoms with van der Waals surface area (Å²) in [6.45, 7) is 3.77. The Morgan fingerprint density at radius 1 is 0.493 bits per heavy atom. The van der Waals surface area contributed by atoms with Gasteiger partial charge in [-0.05, 0) is 57.8 Å². The molecule has 1 heterocycles. The van der Waals surface area contributed by atoms with Crippen molar-refractivity contribution < 1.29 is 39.8 Å². The van der Waals surface area contributed by atoms with Crippen LogP contribution in [0.5, 0.6) is 0 Å². The van der Waals surface area contributed by atoms with Gasteiger partial charge in [-0.2, -0.15) is 0 Å². The van der Waals surface area contributed by atoms with Crippen LogP contribution in [0.1, 0.15) is 271 Å². The van der Waals surface area contributed by atoms with E-state index in [0.717, 1.165) is 64.2 Å². The molecule has 9 heteroatoms. The van der Waals surface area contributed by atoms with Crippen LogP contribution in [0.2, 0.25) is 0 Å². The second-order valence-corrected chi connectivity index (χ2v) is 20.4. The fourth-order valence-electron chi connectivity index (χ4n) is 9.22. The maximum absolute atomic E-state index is 13.0. The molecule has 1 amide bonds. The summed E-state index contributed by atoms with van der Waals surface area (Å²) in [5.41, 5.74) is 0. The van der Waals surface area contributed by atoms with Crippen LogP contribution in [0.4, 0.5) is 0 Å². The molecular formula is C60H111NO8. The van der Waals surface area contributed by atoms with Crippen molar-refractivity contribution in [2.45, 2.75) is 314 Å². The number of amides is 1. The number of aliphatic hydroxyl groups is 5. The van der Waals surface area contributed by atoms with Crippen molar-refractivity contribution >= 4 is 5.91 Å². The van der Waals surface area contributed by atoms with Gasteiger partial charge < -0.3 is 40.3 Å². The van der Waals surface area contributed by atoms with Gasteiger partial charge in [-0.3, -0.25) is 4.79 Å². The predicted octanol–water partition coefficient (Wildman–Crippen LogP) is 14.5. The fourth-order valence-corrected chi connectivity index (χ4v) is 9.22. The summed E-state index contributed by atoms with van der Waals surface area (Å²) in [7, 11) is 0. The Hall–Kier alpha value is -1.85. The number of nitrogens with one attached hydrogen (secondary N) is 1. The first-order valence-corrected chi connectivity index (χ1v) is 29.4. The van der Waals surface area contributed by atoms with E-state index in [1.54, 1.807) is 6.08 Å². The molecule has 9 nitrogen and oxygen atoms in total. The number of hydrogen-bond acceptors (Lipinski definition) is 8. The Morgan fingerprint density at radius 2 is 0.855 bits per heavy atom. The molecule has 1 rings (SSSR count). The van der Waals surface area contributed by atoms with E-state index >= 15 is 0 Å². The van der Waals surface area contributed by atoms with E-state index in [2.05, 4.69) is 55.6 Å². The molecule has 0 aromatic heterocycles. The number of allylic oxidation sites excluding steroid dienone is 7. The van der Waals surface area contributed by atoms with Crippen LogP contribution >= 0.6 is 0 Å². The summed E-state index contributed by atoms with van der Waals surface area (Å²) in [6.07, 6.45) is 58.9. The normalized spacial score (nSPS) is 19.8. The summed E-state index contributed by atoms with van der Waals surface area (Å²) in [6, 6.07) is -0.814. The van der Waals surface area contributed by atoms with Gasteiger partial charge in [0.1, 0.15) is 24.4 Å². The van der Waals surface area contributed by atoms with Gasteiger partial charge in [0.2, 0.25) is 5.91 Å². The lowest BCUT2D eigenvalue weighted by molar-refractivity contribution is -0.302. The smallest absolute Gasteiger partial charge is 0.220 e. The van der Waals surface area contributed by atoms with E-state index in [4.69, 9.17) is 9.47 Å². The van der Waals surface area contributed by atoms with Crippen molar-refractivity contribution in [3.05, 3.63) is 48.6 Å². The molecule has 0 spiro atoms. The molecule has 0 saturated carbocycles. The van der Waals surface area contributed by atoms with Crippen LogP contribution in [0, 0.1) is 0 Å². The number of ether oxygens (including phenoxy) is 2. The van der Waals surface area contributed by atoms with E-state index in [9.17, 15) is 30.3 Å². The molecule has 1 aliphatic heterocycles. The Bertz CT molecular complexity index is 1220. The molecule has 0 radical (unpaired) electrons. The molecule has 0 aromatic rings. The van der Waals surface area contributed by atoms with Crippen molar-refractivity contribution in [2.75, 3.05) is 13.2 Å². The van der Waals surface area contributed by atoms with Crippen molar-refractivity contribution in [3.63, 3.8) is 0 Å². The number of aliphatic hydroxyl groups excluding tert-OH is 5. The van der Waals surface area contributed by atoms with Crippen LogP contribution in [-0.4, -0.2) is 87.5 Å². The van der Waals surface area contributed by atoms with Crippen molar-refractivity contribution in [3.8, 4) is 0 Å². The van der Waals surface area contributed by atoms with Crippen molar-refractivity contribution in [1.82, 2.24) is 5.32 Å². The Morgan fingerprint density at radius 3 is 1.29 bits per heavy atom. The number of rotatable bonds is 50. The van der Waals surface area contributed by atoms with Crippen LogP contribution in [0.3, 0.4) is 0 Å². The maximum atomic E-state index is 13.0. The zero-order valence-corrected chi connectivity index (χ0v) is 44.8. The highest BCUT2D eigenvalue weighted by molar-refractivity contribution is 5.76. The molecule has 0 aromatic carbocycles. The molecule has 6 N–H and O–H groups in total. The lowest BCUT2D eigenvalue weighted by atomic mass is 9.99. The van der Waals surface area contributed by atoms with Crippen LogP contribution < -0.4 is 5.32 Å². The quantitative estimate of drug-likeness (QED) is 0.0261. The fraction of sp³-hybridized carbons (Fsp3) is 0.850. The number of hydrogen-bond donors (Lipinski definition) is 6. The van der Waals surface area contributed by atoms with Crippen molar-refractivity contribution in [2.24, 2.45) is 0 Å². The second-order valence-electron chi connectivity index (χ2n) is 20.4. The summed E-state index contributed by atoms with van der Waals surface area (Å²) in [4.78, 5) is 13.0. The van der Waals surface area contributed by atoms with Crippen LogP contribution in [0.25, 0.3) is 0 Å². The molecule has 0 bridgehead atoms. The zero-order chi connectivity index (χ0) is 50.1. The molecular weight excluding hydrogens is 863 g/mol. The molecule has 7 unspecified atom stereocenters. The molecule has 0 aliphatic carbocycles. The molecule has 404 valence electrons. The highest BCUT2D eigenvalue weighted by atomic mass is 16.7. The van der Waals surface area contributed by atoms with E-state index in [1.165, 1.54) is 186 Å². The average molecular weight is 975 g/mol. The Kier molecular flexibility index (Phi) is 47.0. The number of carbonyl (C=O) groups excluding carboxylic acids is 1. The molecule has 69 heavy (non-hydrogen) atoms. The lowest BCUT2D eigenvalue weighted by Crippen LogP contribution is -2.60. The molecule has 1 fully saturated rings. The van der Waals surface area contributed by atoms with Gasteiger partial charge in [-0.15, -0.1) is 0 Å². The topological polar surface area (TPSA) is 149 Å². The van der Waals surface area contributed by atoms with E-state index < -0.39 is 49.5 Å². The van der Waals surface area contributed by atoms with Gasteiger partial charge in [-0.1, -0.05) is 255 Å². The van der Waals surface area contributed by atoms with Crippen LogP contribution in [-0.2, 0) is 14.3 Å². The van der Waals surface area contributed by atoms with Crippen molar-refractivity contribution in [1.29, 1.82) is 0 Å². The summed E-state index contributed by atoms with van der Waals surface area (Å²) in [5.74, 6) is -0.188. The SMILES string of the molecule is CCCCC/C=C\C/C=C\C/C=C\CCCCCCCCC(=O)NC(COC1OC(CO)C(O)C(O)C1O)C(O)/C=C/CCCCCCCCCCCCCCCCCCCCCCCCCCC. The largest absolute Gasteiger partial charge is 0.394 e. The van der Waals surface area contributed by atoms with Gasteiger partial charge in [0.25, 0.3) is 0 Å². The summed E-state index contributed by atoms with van der Waals surface area (Å²) >= 11 is 0. The van der Waals surface area contributed by atoms with E-state index in [0.29, 0.717) is 6.42 Å². The average Bonchev–Trinajstić information content (AvgIpc) is 3.35. The Balaban J connectivity index is 2.22. The first-order valence-electron chi connectivity index (χ1n) is 29.4. The summed E-state index contributed by atoms with van der Waals surface area (Å²) in [5, 5.41) is 54.5. The van der Waals surface area contributed by atoms with Gasteiger partial charge in [0.15, 0.2) is 6.29 Å². The molecule has 1 aliphatic rings. The minimum Gasteiger partial charge on any atom is -0.394 e. The monoisotopic (exact) mass is 974 g/mol. The highest BCUT2D eigenvalue weighted by Gasteiger charge is 2.44. The molecule has 7 atom stereocenters. The van der Waals surface area contributed by atoms with Crippen LogP contribution in [0.15, 0.2) is 48.6 Å². The third kappa shape index (κ3) is 39.4. The number of unbranched alkanes of at least 4 members (excludes halogenated alkanes) is 34. The first-order chi connectivity index (χ1) is 33.8. The Labute approximate surface area is 424 Å². The minimum atomic E-state index is -1.57.